The lowest BCUT2D eigenvalue weighted by atomic mass is 10.2. The Kier molecular flexibility index (Phi) is 2.69. The normalized spacial score (nSPS) is 11.1. The molecule has 5 nitrogen and oxygen atoms in total. The zero-order valence-corrected chi connectivity index (χ0v) is 8.53. The molecule has 1 aromatic rings. The quantitative estimate of drug-likeness (QED) is 0.542. The zero-order valence-electron chi connectivity index (χ0n) is 8.53. The molecular weight excluding hydrogens is 180 g/mol. The Morgan fingerprint density at radius 3 is 2.64 bits per heavy atom. The number of nitrogens with one attached hydrogen (secondary N) is 1. The average molecular weight is 194 g/mol. The topological polar surface area (TPSA) is 84.9 Å². The summed E-state index contributed by atoms with van der Waals surface area (Å²) in [4.78, 5) is 7.72. The summed E-state index contributed by atoms with van der Waals surface area (Å²) in [6.45, 7) is 5.71. The molecule has 0 radical (unpaired) electrons. The lowest BCUT2D eigenvalue weighted by Gasteiger charge is -2.21. The van der Waals surface area contributed by atoms with Gasteiger partial charge in [-0.25, -0.2) is 9.97 Å². The van der Waals surface area contributed by atoms with Crippen LogP contribution in [-0.4, -0.2) is 21.4 Å². The van der Waals surface area contributed by atoms with E-state index in [2.05, 4.69) is 9.97 Å². The van der Waals surface area contributed by atoms with Crippen LogP contribution in [0.5, 0.6) is 5.88 Å². The number of nitrogen functional groups attached to an aromatic ring is 1. The second kappa shape index (κ2) is 3.61. The van der Waals surface area contributed by atoms with Crippen molar-refractivity contribution >= 4 is 5.84 Å². The van der Waals surface area contributed by atoms with Gasteiger partial charge in [-0.05, 0) is 20.8 Å². The van der Waals surface area contributed by atoms with Crippen molar-refractivity contribution in [2.75, 3.05) is 0 Å². The summed E-state index contributed by atoms with van der Waals surface area (Å²) in [5.41, 5.74) is 5.41. The van der Waals surface area contributed by atoms with Gasteiger partial charge in [-0.2, -0.15) is 0 Å². The van der Waals surface area contributed by atoms with Crippen molar-refractivity contribution in [3.8, 4) is 5.88 Å². The molecule has 5 heteroatoms. The van der Waals surface area contributed by atoms with Gasteiger partial charge in [0.05, 0.1) is 5.56 Å². The third-order valence-corrected chi connectivity index (χ3v) is 1.37. The number of rotatable bonds is 2. The fraction of sp³-hybridized carbons (Fsp3) is 0.444. The third-order valence-electron chi connectivity index (χ3n) is 1.37. The van der Waals surface area contributed by atoms with Crippen LogP contribution in [0.4, 0.5) is 0 Å². The molecule has 0 aromatic carbocycles. The van der Waals surface area contributed by atoms with Crippen LogP contribution in [0, 0.1) is 5.41 Å². The Morgan fingerprint density at radius 1 is 1.50 bits per heavy atom. The van der Waals surface area contributed by atoms with Crippen molar-refractivity contribution in [3.05, 3.63) is 18.1 Å². The molecule has 0 spiro atoms. The van der Waals surface area contributed by atoms with Crippen molar-refractivity contribution in [1.29, 1.82) is 5.41 Å². The van der Waals surface area contributed by atoms with Crippen LogP contribution in [0.15, 0.2) is 12.5 Å². The highest BCUT2D eigenvalue weighted by Crippen LogP contribution is 2.18. The molecule has 0 amide bonds. The Labute approximate surface area is 82.8 Å². The van der Waals surface area contributed by atoms with E-state index < -0.39 is 0 Å². The summed E-state index contributed by atoms with van der Waals surface area (Å²) >= 11 is 0. The van der Waals surface area contributed by atoms with Gasteiger partial charge in [0.15, 0.2) is 0 Å². The highest BCUT2D eigenvalue weighted by Gasteiger charge is 2.16. The van der Waals surface area contributed by atoms with Crippen LogP contribution < -0.4 is 10.5 Å². The second-order valence-corrected chi connectivity index (χ2v) is 3.87. The first kappa shape index (κ1) is 10.4. The predicted molar refractivity (Wildman–Crippen MR) is 53.4 cm³/mol. The Bertz CT molecular complexity index is 343. The van der Waals surface area contributed by atoms with Gasteiger partial charge < -0.3 is 10.5 Å². The molecule has 1 aromatic heterocycles. The Morgan fingerprint density at radius 2 is 2.14 bits per heavy atom. The summed E-state index contributed by atoms with van der Waals surface area (Å²) in [5, 5.41) is 7.30. The van der Waals surface area contributed by atoms with Gasteiger partial charge in [0.2, 0.25) is 5.88 Å². The van der Waals surface area contributed by atoms with Crippen molar-refractivity contribution < 1.29 is 4.74 Å². The third kappa shape index (κ3) is 2.69. The van der Waals surface area contributed by atoms with Crippen LogP contribution in [0.1, 0.15) is 26.3 Å². The molecule has 0 fully saturated rings. The monoisotopic (exact) mass is 194 g/mol. The molecule has 0 aliphatic rings. The minimum atomic E-state index is -0.363. The molecule has 3 N–H and O–H groups in total. The number of hydrogen-bond acceptors (Lipinski definition) is 4. The fourth-order valence-corrected chi connectivity index (χ4v) is 0.875. The SMILES string of the molecule is CC(C)(C)Oc1ncncc1C(=N)N. The van der Waals surface area contributed by atoms with Crippen molar-refractivity contribution in [2.24, 2.45) is 5.73 Å². The smallest absolute Gasteiger partial charge is 0.228 e. The summed E-state index contributed by atoms with van der Waals surface area (Å²) in [7, 11) is 0. The first-order valence-corrected chi connectivity index (χ1v) is 4.23. The fourth-order valence-electron chi connectivity index (χ4n) is 0.875. The number of ether oxygens (including phenoxy) is 1. The van der Waals surface area contributed by atoms with Crippen LogP contribution in [0.2, 0.25) is 0 Å². The molecule has 0 unspecified atom stereocenters. The lowest BCUT2D eigenvalue weighted by Crippen LogP contribution is -2.26. The van der Waals surface area contributed by atoms with E-state index in [-0.39, 0.29) is 11.4 Å². The van der Waals surface area contributed by atoms with E-state index in [4.69, 9.17) is 15.9 Å². The van der Waals surface area contributed by atoms with Gasteiger partial charge in [0, 0.05) is 6.20 Å². The first-order valence-electron chi connectivity index (χ1n) is 4.23. The van der Waals surface area contributed by atoms with Crippen LogP contribution in [0.25, 0.3) is 0 Å². The van der Waals surface area contributed by atoms with E-state index in [1.165, 1.54) is 12.5 Å². The molecule has 14 heavy (non-hydrogen) atoms. The highest BCUT2D eigenvalue weighted by atomic mass is 16.5. The van der Waals surface area contributed by atoms with E-state index in [0.717, 1.165) is 0 Å². The number of nitrogens with two attached hydrogens (primary N) is 1. The standard InChI is InChI=1S/C9H14N4O/c1-9(2,3)14-8-6(7(10)11)4-12-5-13-8/h4-5H,1-3H3,(H3,10,11). The van der Waals surface area contributed by atoms with Crippen LogP contribution in [0.3, 0.4) is 0 Å². The van der Waals surface area contributed by atoms with Crippen molar-refractivity contribution in [3.63, 3.8) is 0 Å². The summed E-state index contributed by atoms with van der Waals surface area (Å²) in [6.07, 6.45) is 2.84. The van der Waals surface area contributed by atoms with Crippen molar-refractivity contribution in [2.45, 2.75) is 26.4 Å². The molecule has 0 aliphatic heterocycles. The van der Waals surface area contributed by atoms with Gasteiger partial charge in [0.25, 0.3) is 0 Å². The zero-order chi connectivity index (χ0) is 10.8. The van der Waals surface area contributed by atoms with Gasteiger partial charge >= 0.3 is 0 Å². The molecule has 0 bridgehead atoms. The van der Waals surface area contributed by atoms with Gasteiger partial charge in [0.1, 0.15) is 17.8 Å². The minimum absolute atomic E-state index is 0.0927. The molecular formula is C9H14N4O. The molecule has 0 aliphatic carbocycles. The Hall–Kier alpha value is -1.65. The van der Waals surface area contributed by atoms with E-state index in [1.54, 1.807) is 0 Å². The molecule has 1 rings (SSSR count). The van der Waals surface area contributed by atoms with E-state index >= 15 is 0 Å². The molecule has 1 heterocycles. The summed E-state index contributed by atoms with van der Waals surface area (Å²) < 4.78 is 5.52. The number of nitrogens with zero attached hydrogens (tertiary/aromatic N) is 2. The molecule has 0 saturated carbocycles. The van der Waals surface area contributed by atoms with Crippen molar-refractivity contribution in [1.82, 2.24) is 9.97 Å². The van der Waals surface area contributed by atoms with E-state index in [0.29, 0.717) is 11.4 Å². The second-order valence-electron chi connectivity index (χ2n) is 3.87. The van der Waals surface area contributed by atoms with Gasteiger partial charge in [-0.3, -0.25) is 5.41 Å². The average Bonchev–Trinajstić information content (AvgIpc) is 2.01. The lowest BCUT2D eigenvalue weighted by molar-refractivity contribution is 0.123. The molecule has 0 atom stereocenters. The highest BCUT2D eigenvalue weighted by molar-refractivity contribution is 5.96. The van der Waals surface area contributed by atoms with Gasteiger partial charge in [-0.1, -0.05) is 0 Å². The number of hydrogen-bond donors (Lipinski definition) is 2. The van der Waals surface area contributed by atoms with Crippen LogP contribution >= 0.6 is 0 Å². The van der Waals surface area contributed by atoms with E-state index in [1.807, 2.05) is 20.8 Å². The maximum absolute atomic E-state index is 7.30. The summed E-state index contributed by atoms with van der Waals surface area (Å²) in [5.74, 6) is 0.254. The van der Waals surface area contributed by atoms with Gasteiger partial charge in [-0.15, -0.1) is 0 Å². The molecule has 0 saturated heterocycles. The minimum Gasteiger partial charge on any atom is -0.471 e. The largest absolute Gasteiger partial charge is 0.471 e. The first-order chi connectivity index (χ1) is 6.40. The van der Waals surface area contributed by atoms with Crippen LogP contribution in [-0.2, 0) is 0 Å². The predicted octanol–water partition coefficient (Wildman–Crippen LogP) is 0.938. The van der Waals surface area contributed by atoms with E-state index in [9.17, 15) is 0 Å². The molecule has 76 valence electrons. The number of aromatic nitrogens is 2. The number of amidine groups is 1. The Balaban J connectivity index is 3.02. The summed E-state index contributed by atoms with van der Waals surface area (Å²) in [6, 6.07) is 0. The maximum Gasteiger partial charge on any atom is 0.228 e. The maximum atomic E-state index is 7.30.